The summed E-state index contributed by atoms with van der Waals surface area (Å²) >= 11 is 4.39. The van der Waals surface area contributed by atoms with E-state index in [-0.39, 0.29) is 25.8 Å². The van der Waals surface area contributed by atoms with Gasteiger partial charge in [-0.05, 0) is 16.3 Å². The number of halogens is 1. The predicted octanol–water partition coefficient (Wildman–Crippen LogP) is 3.50. The smallest absolute Gasteiger partial charge is 0 e. The summed E-state index contributed by atoms with van der Waals surface area (Å²) < 4.78 is 0. The Morgan fingerprint density at radius 3 is 1.71 bits per heavy atom. The van der Waals surface area contributed by atoms with Crippen molar-refractivity contribution in [3.63, 3.8) is 0 Å². The maximum absolute atomic E-state index is 4.39. The molecule has 0 aromatic heterocycles. The van der Waals surface area contributed by atoms with E-state index < -0.39 is 0 Å². The van der Waals surface area contributed by atoms with Crippen LogP contribution in [0.1, 0.15) is 26.3 Å². The molecule has 0 saturated heterocycles. The second kappa shape index (κ2) is 7.84. The Morgan fingerprint density at radius 2 is 1.43 bits per heavy atom. The Balaban J connectivity index is 0. The third-order valence-corrected chi connectivity index (χ3v) is 2.16. The molecule has 0 nitrogen and oxygen atoms in total. The predicted molar refractivity (Wildman–Crippen MR) is 65.7 cm³/mol. The van der Waals surface area contributed by atoms with Crippen molar-refractivity contribution in [3.05, 3.63) is 36.2 Å². The molecule has 0 radical (unpaired) electrons. The topological polar surface area (TPSA) is 0 Å². The van der Waals surface area contributed by atoms with Crippen LogP contribution in [0.3, 0.4) is 0 Å². The SMILES string of the molecule is CC(C)(C)c1ccc(P)cc1.[CH2-]Cl.[Pd]. The van der Waals surface area contributed by atoms with Crippen LogP contribution < -0.4 is 5.30 Å². The van der Waals surface area contributed by atoms with Gasteiger partial charge in [-0.25, -0.2) is 0 Å². The standard InChI is InChI=1S/C10H15P.CH2Cl.Pd/c1-10(2,3)8-4-6-9(11)7-5-8;1-2;/h4-7H,11H2,1-3H3;1H2;/q;-1;. The van der Waals surface area contributed by atoms with Crippen molar-refractivity contribution in [3.8, 4) is 0 Å². The fourth-order valence-corrected chi connectivity index (χ4v) is 1.18. The van der Waals surface area contributed by atoms with E-state index in [9.17, 15) is 0 Å². The Hall–Kier alpha value is 0.602. The maximum atomic E-state index is 4.39. The first kappa shape index (κ1) is 17.0. The minimum atomic E-state index is 0. The van der Waals surface area contributed by atoms with Gasteiger partial charge in [0.25, 0.3) is 0 Å². The average Bonchev–Trinajstić information content (AvgIpc) is 2.07. The molecule has 14 heavy (non-hydrogen) atoms. The quantitative estimate of drug-likeness (QED) is 0.390. The van der Waals surface area contributed by atoms with Crippen molar-refractivity contribution in [1.29, 1.82) is 0 Å². The molecule has 0 amide bonds. The normalized spacial score (nSPS) is 9.57. The molecule has 1 aromatic rings. The second-order valence-corrected chi connectivity index (χ2v) is 4.54. The summed E-state index contributed by atoms with van der Waals surface area (Å²) in [5.41, 5.74) is 1.67. The van der Waals surface area contributed by atoms with E-state index in [1.54, 1.807) is 0 Å². The Morgan fingerprint density at radius 1 is 1.07 bits per heavy atom. The van der Waals surface area contributed by atoms with Crippen molar-refractivity contribution in [1.82, 2.24) is 0 Å². The zero-order valence-electron chi connectivity index (χ0n) is 8.79. The molecule has 0 aliphatic heterocycles. The van der Waals surface area contributed by atoms with Crippen molar-refractivity contribution < 1.29 is 20.4 Å². The third-order valence-electron chi connectivity index (χ3n) is 1.78. The largest absolute Gasteiger partial charge is 0.352 e. The summed E-state index contributed by atoms with van der Waals surface area (Å²) in [6.45, 7) is 6.68. The zero-order valence-corrected chi connectivity index (χ0v) is 12.3. The first-order valence-corrected chi connectivity index (χ1v) is 5.24. The third kappa shape index (κ3) is 6.15. The summed E-state index contributed by atoms with van der Waals surface area (Å²) in [5.74, 6) is 0. The van der Waals surface area contributed by atoms with Gasteiger partial charge in [-0.3, -0.25) is 6.38 Å². The van der Waals surface area contributed by atoms with E-state index in [4.69, 9.17) is 0 Å². The van der Waals surface area contributed by atoms with E-state index in [0.29, 0.717) is 0 Å². The number of hydrogen-bond donors (Lipinski definition) is 0. The molecule has 84 valence electrons. The Bertz CT molecular complexity index is 238. The Labute approximate surface area is 109 Å². The van der Waals surface area contributed by atoms with Crippen LogP contribution in [0.5, 0.6) is 0 Å². The molecule has 1 aromatic carbocycles. The molecule has 0 fully saturated rings. The molecule has 0 heterocycles. The van der Waals surface area contributed by atoms with Crippen LogP contribution in [-0.2, 0) is 25.8 Å². The first-order valence-electron chi connectivity index (χ1n) is 4.13. The second-order valence-electron chi connectivity index (χ2n) is 3.87. The van der Waals surface area contributed by atoms with Crippen molar-refractivity contribution in [2.45, 2.75) is 26.2 Å². The monoisotopic (exact) mass is 321 g/mol. The maximum Gasteiger partial charge on any atom is 0 e. The van der Waals surface area contributed by atoms with Gasteiger partial charge in [0, 0.05) is 20.4 Å². The van der Waals surface area contributed by atoms with E-state index in [1.165, 1.54) is 10.9 Å². The van der Waals surface area contributed by atoms with Crippen LogP contribution in [0.25, 0.3) is 0 Å². The summed E-state index contributed by atoms with van der Waals surface area (Å²) in [4.78, 5) is 0. The molecule has 1 atom stereocenters. The zero-order chi connectivity index (χ0) is 10.5. The number of rotatable bonds is 0. The minimum absolute atomic E-state index is 0. The van der Waals surface area contributed by atoms with Gasteiger partial charge >= 0.3 is 0 Å². The molecule has 3 heteroatoms. The molecular formula is C11H17ClPPd-. The number of hydrogen-bond acceptors (Lipinski definition) is 0. The van der Waals surface area contributed by atoms with E-state index in [2.05, 4.69) is 72.3 Å². The number of benzene rings is 1. The first-order chi connectivity index (χ1) is 6.00. The van der Waals surface area contributed by atoms with Crippen LogP contribution in [0.2, 0.25) is 0 Å². The van der Waals surface area contributed by atoms with Crippen LogP contribution in [0, 0.1) is 6.38 Å². The fraction of sp³-hybridized carbons (Fsp3) is 0.364. The van der Waals surface area contributed by atoms with E-state index >= 15 is 0 Å². The van der Waals surface area contributed by atoms with Crippen LogP contribution in [-0.4, -0.2) is 0 Å². The molecule has 0 aliphatic rings. The summed E-state index contributed by atoms with van der Waals surface area (Å²) in [5, 5.41) is 1.25. The molecule has 1 rings (SSSR count). The molecule has 0 N–H and O–H groups in total. The molecule has 0 saturated carbocycles. The Kier molecular flexibility index (Phi) is 9.52. The van der Waals surface area contributed by atoms with Gasteiger partial charge in [0.1, 0.15) is 0 Å². The van der Waals surface area contributed by atoms with Crippen molar-refractivity contribution in [2.24, 2.45) is 0 Å². The summed E-state index contributed by atoms with van der Waals surface area (Å²) in [7, 11) is 2.69. The fourth-order valence-electron chi connectivity index (χ4n) is 0.983. The van der Waals surface area contributed by atoms with Crippen LogP contribution in [0.15, 0.2) is 24.3 Å². The summed E-state index contributed by atoms with van der Waals surface area (Å²) in [6.07, 6.45) is 2.72. The van der Waals surface area contributed by atoms with E-state index in [1.807, 2.05) is 0 Å². The van der Waals surface area contributed by atoms with Gasteiger partial charge in [-0.2, -0.15) is 0 Å². The van der Waals surface area contributed by atoms with Gasteiger partial charge in [-0.15, -0.1) is 9.24 Å². The van der Waals surface area contributed by atoms with Gasteiger partial charge in [0.05, 0.1) is 0 Å². The molecule has 0 spiro atoms. The van der Waals surface area contributed by atoms with Gasteiger partial charge in [-0.1, -0.05) is 45.0 Å². The van der Waals surface area contributed by atoms with Crippen LogP contribution >= 0.6 is 20.8 Å². The molecule has 0 aliphatic carbocycles. The van der Waals surface area contributed by atoms with Gasteiger partial charge < -0.3 is 11.6 Å². The minimum Gasteiger partial charge on any atom is -0.352 e. The van der Waals surface area contributed by atoms with Gasteiger partial charge in [0.2, 0.25) is 0 Å². The van der Waals surface area contributed by atoms with E-state index in [0.717, 1.165) is 0 Å². The van der Waals surface area contributed by atoms with Crippen molar-refractivity contribution in [2.75, 3.05) is 0 Å². The molecule has 1 unspecified atom stereocenters. The van der Waals surface area contributed by atoms with Crippen LogP contribution in [0.4, 0.5) is 0 Å². The average molecular weight is 322 g/mol. The summed E-state index contributed by atoms with van der Waals surface area (Å²) in [6, 6.07) is 8.63. The molecular weight excluding hydrogens is 305 g/mol. The molecule has 0 bridgehead atoms. The van der Waals surface area contributed by atoms with Crippen molar-refractivity contribution >= 4 is 26.1 Å². The van der Waals surface area contributed by atoms with Gasteiger partial charge in [0.15, 0.2) is 0 Å².